The van der Waals surface area contributed by atoms with Gasteiger partial charge in [0, 0.05) is 5.56 Å². The molecule has 8 heteroatoms. The van der Waals surface area contributed by atoms with Gasteiger partial charge in [-0.3, -0.25) is 14.7 Å². The number of hydrogen-bond acceptors (Lipinski definition) is 5. The molecule has 0 unspecified atom stereocenters. The van der Waals surface area contributed by atoms with Crippen LogP contribution in [0, 0.1) is 0 Å². The predicted molar refractivity (Wildman–Crippen MR) is 122 cm³/mol. The van der Waals surface area contributed by atoms with E-state index >= 15 is 0 Å². The van der Waals surface area contributed by atoms with Crippen LogP contribution >= 0.6 is 11.3 Å². The molecule has 4 rings (SSSR count). The molecule has 156 valence electrons. The molecular weight excluding hydrogens is 412 g/mol. The third-order valence-electron chi connectivity index (χ3n) is 4.72. The zero-order valence-electron chi connectivity index (χ0n) is 17.0. The van der Waals surface area contributed by atoms with Crippen LogP contribution in [0.3, 0.4) is 0 Å². The largest absolute Gasteiger partial charge is 0.497 e. The van der Waals surface area contributed by atoms with E-state index in [0.29, 0.717) is 33.3 Å². The van der Waals surface area contributed by atoms with Crippen molar-refractivity contribution in [2.24, 2.45) is 5.10 Å². The molecule has 2 aromatic heterocycles. The van der Waals surface area contributed by atoms with E-state index in [0.717, 1.165) is 5.56 Å². The Morgan fingerprint density at radius 3 is 2.45 bits per heavy atom. The van der Waals surface area contributed by atoms with Gasteiger partial charge < -0.3 is 4.74 Å². The molecule has 0 fully saturated rings. The third-order valence-corrected chi connectivity index (χ3v) is 5.58. The van der Waals surface area contributed by atoms with Crippen molar-refractivity contribution in [1.82, 2.24) is 15.2 Å². The maximum atomic E-state index is 13.3. The fourth-order valence-electron chi connectivity index (χ4n) is 3.15. The molecule has 7 nitrogen and oxygen atoms in total. The van der Waals surface area contributed by atoms with Crippen LogP contribution in [0.1, 0.15) is 22.2 Å². The van der Waals surface area contributed by atoms with E-state index in [-0.39, 0.29) is 11.5 Å². The second-order valence-electron chi connectivity index (χ2n) is 6.68. The minimum Gasteiger partial charge on any atom is -0.497 e. The van der Waals surface area contributed by atoms with Crippen molar-refractivity contribution >= 4 is 23.0 Å². The second kappa shape index (κ2) is 8.85. The number of thiophene rings is 1. The molecule has 0 atom stereocenters. The number of aromatic nitrogens is 2. The average molecular weight is 433 g/mol. The number of hydrazone groups is 1. The van der Waals surface area contributed by atoms with E-state index in [1.807, 2.05) is 35.7 Å². The Morgan fingerprint density at radius 1 is 1.06 bits per heavy atom. The molecule has 4 aromatic rings. The predicted octanol–water partition coefficient (Wildman–Crippen LogP) is 4.06. The molecule has 2 aromatic carbocycles. The highest BCUT2D eigenvalue weighted by Crippen LogP contribution is 2.22. The molecule has 1 amide bonds. The number of carbonyl (C=O) groups excluding carboxylic acids is 1. The Balaban J connectivity index is 1.77. The maximum absolute atomic E-state index is 13.3. The molecule has 0 aliphatic heterocycles. The lowest BCUT2D eigenvalue weighted by molar-refractivity contribution is 0.0959. The number of nitrogens with one attached hydrogen (secondary N) is 2. The van der Waals surface area contributed by atoms with Crippen LogP contribution in [0.2, 0.25) is 0 Å². The first kappa shape index (κ1) is 20.4. The van der Waals surface area contributed by atoms with E-state index in [1.54, 1.807) is 50.4 Å². The first-order valence-corrected chi connectivity index (χ1v) is 10.4. The van der Waals surface area contributed by atoms with Gasteiger partial charge >= 0.3 is 0 Å². The third kappa shape index (κ3) is 4.19. The summed E-state index contributed by atoms with van der Waals surface area (Å²) in [4.78, 5) is 26.1. The van der Waals surface area contributed by atoms with Crippen molar-refractivity contribution < 1.29 is 9.53 Å². The van der Waals surface area contributed by atoms with Crippen molar-refractivity contribution in [2.45, 2.75) is 6.92 Å². The lowest BCUT2D eigenvalue weighted by Crippen LogP contribution is -2.23. The summed E-state index contributed by atoms with van der Waals surface area (Å²) in [6.07, 6.45) is 0. The normalized spacial score (nSPS) is 11.4. The number of carbonyl (C=O) groups is 1. The number of nitrogens with zero attached hydrogens (tertiary/aromatic N) is 2. The summed E-state index contributed by atoms with van der Waals surface area (Å²) in [7, 11) is 1.59. The molecule has 2 N–H and O–H groups in total. The molecule has 0 spiro atoms. The summed E-state index contributed by atoms with van der Waals surface area (Å²) < 4.78 is 6.66. The number of hydrogen-bond donors (Lipinski definition) is 2. The van der Waals surface area contributed by atoms with Gasteiger partial charge in [0.25, 0.3) is 11.5 Å². The number of rotatable bonds is 6. The number of aromatic amines is 1. The van der Waals surface area contributed by atoms with Gasteiger partial charge in [-0.1, -0.05) is 36.4 Å². The van der Waals surface area contributed by atoms with E-state index in [9.17, 15) is 9.59 Å². The smallest absolute Gasteiger partial charge is 0.281 e. The van der Waals surface area contributed by atoms with E-state index < -0.39 is 0 Å². The van der Waals surface area contributed by atoms with Crippen molar-refractivity contribution in [2.75, 3.05) is 7.11 Å². The molecular formula is C23H20N4O3S. The van der Waals surface area contributed by atoms with Gasteiger partial charge in [0.2, 0.25) is 0 Å². The highest BCUT2D eigenvalue weighted by Gasteiger charge is 2.19. The zero-order chi connectivity index (χ0) is 21.8. The van der Waals surface area contributed by atoms with Crippen LogP contribution in [-0.2, 0) is 0 Å². The Bertz CT molecular complexity index is 1270. The minimum atomic E-state index is -0.318. The van der Waals surface area contributed by atoms with Crippen molar-refractivity contribution in [3.05, 3.63) is 92.9 Å². The lowest BCUT2D eigenvalue weighted by atomic mass is 10.1. The first-order chi connectivity index (χ1) is 15.1. The van der Waals surface area contributed by atoms with E-state index in [4.69, 9.17) is 4.74 Å². The van der Waals surface area contributed by atoms with Gasteiger partial charge in [0.15, 0.2) is 0 Å². The summed E-state index contributed by atoms with van der Waals surface area (Å²) in [6.45, 7) is 1.70. The number of H-pyrrole nitrogens is 1. The molecule has 0 aliphatic rings. The number of methoxy groups -OCH3 is 1. The quantitative estimate of drug-likeness (QED) is 0.356. The molecule has 31 heavy (non-hydrogen) atoms. The first-order valence-electron chi connectivity index (χ1n) is 9.52. The Labute approximate surface area is 182 Å². The summed E-state index contributed by atoms with van der Waals surface area (Å²) in [5.74, 6) is 0.377. The van der Waals surface area contributed by atoms with Gasteiger partial charge in [-0.05, 0) is 42.6 Å². The molecule has 2 heterocycles. The molecule has 0 aliphatic carbocycles. The fourth-order valence-corrected chi connectivity index (χ4v) is 3.77. The van der Waals surface area contributed by atoms with Crippen molar-refractivity contribution in [1.29, 1.82) is 0 Å². The van der Waals surface area contributed by atoms with E-state index in [2.05, 4.69) is 15.6 Å². The molecule has 0 saturated carbocycles. The van der Waals surface area contributed by atoms with E-state index in [1.165, 1.54) is 16.0 Å². The Morgan fingerprint density at radius 2 is 1.81 bits per heavy atom. The van der Waals surface area contributed by atoms with Gasteiger partial charge in [-0.2, -0.15) is 5.10 Å². The van der Waals surface area contributed by atoms with Crippen LogP contribution in [0.25, 0.3) is 16.9 Å². The van der Waals surface area contributed by atoms with Gasteiger partial charge in [0.1, 0.15) is 5.75 Å². The summed E-state index contributed by atoms with van der Waals surface area (Å²) in [5.41, 5.74) is 5.16. The van der Waals surface area contributed by atoms with Crippen LogP contribution in [0.5, 0.6) is 5.75 Å². The van der Waals surface area contributed by atoms with Gasteiger partial charge in [-0.15, -0.1) is 11.3 Å². The zero-order valence-corrected chi connectivity index (χ0v) is 17.8. The monoisotopic (exact) mass is 432 g/mol. The molecule has 0 saturated heterocycles. The van der Waals surface area contributed by atoms with Gasteiger partial charge in [-0.25, -0.2) is 10.1 Å². The number of ether oxygens (including phenoxy) is 1. The molecule has 0 bridgehead atoms. The van der Waals surface area contributed by atoms with Crippen LogP contribution in [0.15, 0.2) is 82.0 Å². The fraction of sp³-hybridized carbons (Fsp3) is 0.0870. The lowest BCUT2D eigenvalue weighted by Gasteiger charge is -2.04. The highest BCUT2D eigenvalue weighted by atomic mass is 32.1. The minimum absolute atomic E-state index is 0.268. The Kier molecular flexibility index (Phi) is 5.81. The van der Waals surface area contributed by atoms with Gasteiger partial charge in [0.05, 0.1) is 34.6 Å². The number of benzene rings is 2. The van der Waals surface area contributed by atoms with Crippen molar-refractivity contribution in [3.63, 3.8) is 0 Å². The summed E-state index contributed by atoms with van der Waals surface area (Å²) in [6, 6.07) is 20.2. The highest BCUT2D eigenvalue weighted by molar-refractivity contribution is 7.12. The van der Waals surface area contributed by atoms with Crippen molar-refractivity contribution in [3.8, 4) is 22.7 Å². The summed E-state index contributed by atoms with van der Waals surface area (Å²) in [5, 5.41) is 9.21. The SMILES string of the molecule is COc1ccc(-n2[nH]c(-c3ccccc3)c(C(C)=NNC(=O)c3cccs3)c2=O)cc1. The second-order valence-corrected chi connectivity index (χ2v) is 7.63. The maximum Gasteiger partial charge on any atom is 0.281 e. The Hall–Kier alpha value is -3.91. The standard InChI is InChI=1S/C23H20N4O3S/c1-15(24-25-22(28)19-9-6-14-31-19)20-21(16-7-4-3-5-8-16)26-27(23(20)29)17-10-12-18(30-2)13-11-17/h3-14,26H,1-2H3,(H,25,28). The number of amides is 1. The average Bonchev–Trinajstić information content (AvgIpc) is 3.46. The van der Waals surface area contributed by atoms with Crippen LogP contribution in [-0.4, -0.2) is 28.5 Å². The molecule has 0 radical (unpaired) electrons. The van der Waals surface area contributed by atoms with Crippen LogP contribution < -0.4 is 15.7 Å². The topological polar surface area (TPSA) is 88.5 Å². The van der Waals surface area contributed by atoms with Crippen LogP contribution in [0.4, 0.5) is 0 Å². The summed E-state index contributed by atoms with van der Waals surface area (Å²) >= 11 is 1.32.